The Hall–Kier alpha value is -2.51. The van der Waals surface area contributed by atoms with Gasteiger partial charge in [-0.05, 0) is 44.4 Å². The molecule has 1 aliphatic carbocycles. The maximum absolute atomic E-state index is 13.4. The highest BCUT2D eigenvalue weighted by molar-refractivity contribution is 6.07. The SMILES string of the molecule is Cc1cnc(C(=O)N2CCC3(CC2)C(=O)N(CC2CC2)C(=O)N3CC(C)C)cn1. The lowest BCUT2D eigenvalue weighted by atomic mass is 9.85. The number of imide groups is 1. The van der Waals surface area contributed by atoms with Gasteiger partial charge in [-0.1, -0.05) is 13.8 Å². The van der Waals surface area contributed by atoms with Crippen LogP contribution in [0.4, 0.5) is 4.79 Å². The summed E-state index contributed by atoms with van der Waals surface area (Å²) in [5, 5.41) is 0. The largest absolute Gasteiger partial charge is 0.337 e. The molecule has 0 unspecified atom stereocenters. The molecule has 0 atom stereocenters. The first-order valence-electron chi connectivity index (χ1n) is 10.5. The average Bonchev–Trinajstić information content (AvgIpc) is 3.51. The van der Waals surface area contributed by atoms with Crippen LogP contribution in [0.5, 0.6) is 0 Å². The first-order valence-corrected chi connectivity index (χ1v) is 10.5. The standard InChI is InChI=1S/C21H29N5O3/c1-14(2)12-26-20(29)25(13-16-4-5-16)19(28)21(26)6-8-24(9-7-21)18(27)17-11-22-15(3)10-23-17/h10-11,14,16H,4-9,12-13H2,1-3H3. The van der Waals surface area contributed by atoms with Crippen LogP contribution >= 0.6 is 0 Å². The molecule has 1 aromatic rings. The van der Waals surface area contributed by atoms with Gasteiger partial charge in [-0.2, -0.15) is 0 Å². The Bertz CT molecular complexity index is 810. The summed E-state index contributed by atoms with van der Waals surface area (Å²) in [5.74, 6) is 0.486. The summed E-state index contributed by atoms with van der Waals surface area (Å²) in [6, 6.07) is -0.153. The van der Waals surface area contributed by atoms with Crippen LogP contribution in [-0.4, -0.2) is 74.2 Å². The zero-order chi connectivity index (χ0) is 20.8. The van der Waals surface area contributed by atoms with E-state index in [4.69, 9.17) is 0 Å². The van der Waals surface area contributed by atoms with E-state index in [2.05, 4.69) is 23.8 Å². The van der Waals surface area contributed by atoms with Gasteiger partial charge in [-0.25, -0.2) is 9.78 Å². The third kappa shape index (κ3) is 3.60. The van der Waals surface area contributed by atoms with E-state index in [1.54, 1.807) is 16.0 Å². The molecule has 3 fully saturated rings. The van der Waals surface area contributed by atoms with Crippen LogP contribution in [0, 0.1) is 18.8 Å². The Labute approximate surface area is 171 Å². The molecule has 3 heterocycles. The molecule has 8 nitrogen and oxygen atoms in total. The Kier molecular flexibility index (Phi) is 5.04. The smallest absolute Gasteiger partial charge is 0.327 e. The van der Waals surface area contributed by atoms with Crippen molar-refractivity contribution in [2.24, 2.45) is 11.8 Å². The van der Waals surface area contributed by atoms with Gasteiger partial charge in [0.1, 0.15) is 11.2 Å². The Balaban J connectivity index is 1.52. The van der Waals surface area contributed by atoms with E-state index < -0.39 is 5.54 Å². The highest BCUT2D eigenvalue weighted by Gasteiger charge is 2.58. The van der Waals surface area contributed by atoms with E-state index in [9.17, 15) is 14.4 Å². The minimum Gasteiger partial charge on any atom is -0.337 e. The van der Waals surface area contributed by atoms with E-state index in [-0.39, 0.29) is 23.8 Å². The minimum atomic E-state index is -0.814. The molecule has 0 radical (unpaired) electrons. The summed E-state index contributed by atoms with van der Waals surface area (Å²) in [4.78, 5) is 52.6. The van der Waals surface area contributed by atoms with Crippen LogP contribution in [0.2, 0.25) is 0 Å². The third-order valence-electron chi connectivity index (χ3n) is 6.19. The van der Waals surface area contributed by atoms with Crippen LogP contribution in [0.25, 0.3) is 0 Å². The number of carbonyl (C=O) groups is 3. The molecule has 0 aromatic carbocycles. The Morgan fingerprint density at radius 1 is 1.17 bits per heavy atom. The predicted octanol–water partition coefficient (Wildman–Crippen LogP) is 2.09. The van der Waals surface area contributed by atoms with Crippen molar-refractivity contribution >= 4 is 17.8 Å². The van der Waals surface area contributed by atoms with Gasteiger partial charge in [0.2, 0.25) is 0 Å². The minimum absolute atomic E-state index is 0.0720. The molecule has 29 heavy (non-hydrogen) atoms. The van der Waals surface area contributed by atoms with E-state index in [0.717, 1.165) is 18.5 Å². The number of piperidine rings is 1. The molecule has 4 amide bonds. The molecule has 3 aliphatic rings. The summed E-state index contributed by atoms with van der Waals surface area (Å²) < 4.78 is 0. The lowest BCUT2D eigenvalue weighted by Crippen LogP contribution is -2.58. The molecule has 1 saturated carbocycles. The zero-order valence-electron chi connectivity index (χ0n) is 17.4. The number of rotatable bonds is 5. The van der Waals surface area contributed by atoms with Crippen LogP contribution in [0.15, 0.2) is 12.4 Å². The first-order chi connectivity index (χ1) is 13.8. The second kappa shape index (κ2) is 7.39. The molecule has 2 saturated heterocycles. The van der Waals surface area contributed by atoms with Gasteiger partial charge in [0, 0.05) is 32.4 Å². The van der Waals surface area contributed by atoms with Gasteiger partial charge < -0.3 is 9.80 Å². The molecule has 4 rings (SSSR count). The summed E-state index contributed by atoms with van der Waals surface area (Å²) in [6.07, 6.45) is 6.20. The van der Waals surface area contributed by atoms with Crippen LogP contribution in [0.1, 0.15) is 55.7 Å². The fourth-order valence-electron chi connectivity index (χ4n) is 4.35. The van der Waals surface area contributed by atoms with E-state index in [0.29, 0.717) is 50.6 Å². The molecule has 156 valence electrons. The number of hydrogen-bond acceptors (Lipinski definition) is 5. The Morgan fingerprint density at radius 3 is 2.41 bits per heavy atom. The zero-order valence-corrected chi connectivity index (χ0v) is 17.4. The number of carbonyl (C=O) groups excluding carboxylic acids is 3. The van der Waals surface area contributed by atoms with Crippen LogP contribution < -0.4 is 0 Å². The molecule has 0 bridgehead atoms. The van der Waals surface area contributed by atoms with Crippen molar-refractivity contribution < 1.29 is 14.4 Å². The van der Waals surface area contributed by atoms with Gasteiger partial charge >= 0.3 is 6.03 Å². The van der Waals surface area contributed by atoms with Crippen molar-refractivity contribution in [3.05, 3.63) is 23.8 Å². The summed E-state index contributed by atoms with van der Waals surface area (Å²) in [7, 11) is 0. The number of amides is 4. The molecule has 8 heteroatoms. The number of aryl methyl sites for hydroxylation is 1. The molecule has 1 spiro atoms. The normalized spacial score (nSPS) is 21.6. The van der Waals surface area contributed by atoms with Gasteiger partial charge in [-0.3, -0.25) is 19.5 Å². The summed E-state index contributed by atoms with van der Waals surface area (Å²) in [6.45, 7) is 7.90. The topological polar surface area (TPSA) is 86.7 Å². The predicted molar refractivity (Wildman–Crippen MR) is 106 cm³/mol. The molecule has 1 aromatic heterocycles. The van der Waals surface area contributed by atoms with Gasteiger partial charge in [0.15, 0.2) is 0 Å². The van der Waals surface area contributed by atoms with E-state index >= 15 is 0 Å². The summed E-state index contributed by atoms with van der Waals surface area (Å²) >= 11 is 0. The second-order valence-electron chi connectivity index (χ2n) is 9.01. The van der Waals surface area contributed by atoms with Crippen molar-refractivity contribution in [3.63, 3.8) is 0 Å². The number of urea groups is 1. The first kappa shape index (κ1) is 19.8. The van der Waals surface area contributed by atoms with Gasteiger partial charge in [0.25, 0.3) is 11.8 Å². The van der Waals surface area contributed by atoms with Crippen LogP contribution in [-0.2, 0) is 4.79 Å². The second-order valence-corrected chi connectivity index (χ2v) is 9.01. The maximum Gasteiger partial charge on any atom is 0.327 e. The van der Waals surface area contributed by atoms with Gasteiger partial charge in [0.05, 0.1) is 11.9 Å². The van der Waals surface area contributed by atoms with E-state index in [1.807, 2.05) is 6.92 Å². The molecule has 0 N–H and O–H groups in total. The summed E-state index contributed by atoms with van der Waals surface area (Å²) in [5.41, 5.74) is 0.260. The number of nitrogens with zero attached hydrogens (tertiary/aromatic N) is 5. The number of aromatic nitrogens is 2. The monoisotopic (exact) mass is 399 g/mol. The fourth-order valence-corrected chi connectivity index (χ4v) is 4.35. The third-order valence-corrected chi connectivity index (χ3v) is 6.19. The molecular weight excluding hydrogens is 370 g/mol. The Morgan fingerprint density at radius 2 is 1.86 bits per heavy atom. The maximum atomic E-state index is 13.4. The van der Waals surface area contributed by atoms with Crippen LogP contribution in [0.3, 0.4) is 0 Å². The van der Waals surface area contributed by atoms with Crippen molar-refractivity contribution in [2.75, 3.05) is 26.2 Å². The van der Waals surface area contributed by atoms with Crippen molar-refractivity contribution in [1.29, 1.82) is 0 Å². The number of likely N-dealkylation sites (tertiary alicyclic amines) is 1. The lowest BCUT2D eigenvalue weighted by molar-refractivity contribution is -0.135. The van der Waals surface area contributed by atoms with Crippen molar-refractivity contribution in [2.45, 2.75) is 52.0 Å². The van der Waals surface area contributed by atoms with Gasteiger partial charge in [-0.15, -0.1) is 0 Å². The highest BCUT2D eigenvalue weighted by Crippen LogP contribution is 2.40. The average molecular weight is 399 g/mol. The highest BCUT2D eigenvalue weighted by atomic mass is 16.2. The van der Waals surface area contributed by atoms with Crippen molar-refractivity contribution in [1.82, 2.24) is 24.7 Å². The quantitative estimate of drug-likeness (QED) is 0.708. The lowest BCUT2D eigenvalue weighted by Gasteiger charge is -2.42. The van der Waals surface area contributed by atoms with Crippen molar-refractivity contribution in [3.8, 4) is 0 Å². The molecule has 2 aliphatic heterocycles. The van der Waals surface area contributed by atoms with E-state index in [1.165, 1.54) is 11.1 Å². The molecular formula is C21H29N5O3. The number of hydrogen-bond donors (Lipinski definition) is 0. The fraction of sp³-hybridized carbons (Fsp3) is 0.667.